The van der Waals surface area contributed by atoms with Gasteiger partial charge in [0.2, 0.25) is 5.91 Å². The lowest BCUT2D eigenvalue weighted by atomic mass is 9.95. The monoisotopic (exact) mass is 486 g/mol. The smallest absolute Gasteiger partial charge is 0.222 e. The van der Waals surface area contributed by atoms with Gasteiger partial charge in [-0.15, -0.1) is 0 Å². The molecule has 0 N–H and O–H groups in total. The highest BCUT2D eigenvalue weighted by molar-refractivity contribution is 6.15. The molecule has 2 aromatic carbocycles. The molecule has 2 aliphatic heterocycles. The summed E-state index contributed by atoms with van der Waals surface area (Å²) in [5.41, 5.74) is 3.50. The van der Waals surface area contributed by atoms with Crippen molar-refractivity contribution in [2.45, 2.75) is 25.3 Å². The van der Waals surface area contributed by atoms with Crippen molar-refractivity contribution in [1.82, 2.24) is 9.88 Å². The number of aromatic nitrogens is 1. The van der Waals surface area contributed by atoms with E-state index in [1.54, 1.807) is 30.5 Å². The van der Waals surface area contributed by atoms with E-state index in [0.29, 0.717) is 32.4 Å². The number of piperazine rings is 1. The van der Waals surface area contributed by atoms with Crippen molar-refractivity contribution in [3.8, 4) is 0 Å². The highest BCUT2D eigenvalue weighted by Crippen LogP contribution is 2.31. The Morgan fingerprint density at radius 1 is 0.861 bits per heavy atom. The first kappa shape index (κ1) is 23.9. The van der Waals surface area contributed by atoms with Crippen LogP contribution >= 0.6 is 0 Å². The van der Waals surface area contributed by atoms with Crippen LogP contribution in [0.5, 0.6) is 0 Å². The van der Waals surface area contributed by atoms with Gasteiger partial charge in [-0.05, 0) is 84.1 Å². The van der Waals surface area contributed by atoms with E-state index in [1.165, 1.54) is 24.3 Å². The number of hydrogen-bond donors (Lipinski definition) is 0. The lowest BCUT2D eigenvalue weighted by Gasteiger charge is -2.35. The van der Waals surface area contributed by atoms with Crippen molar-refractivity contribution in [2.24, 2.45) is 4.99 Å². The number of carbonyl (C=O) groups is 1. The maximum absolute atomic E-state index is 13.5. The number of amides is 1. The topological polar surface area (TPSA) is 48.8 Å². The van der Waals surface area contributed by atoms with Crippen LogP contribution < -0.4 is 4.90 Å². The number of halogens is 2. The molecule has 1 aromatic heterocycles. The summed E-state index contributed by atoms with van der Waals surface area (Å²) in [5.74, 6) is 0.516. The minimum Gasteiger partial charge on any atom is -0.353 e. The van der Waals surface area contributed by atoms with Crippen LogP contribution in [0.3, 0.4) is 0 Å². The molecule has 5 nitrogen and oxygen atoms in total. The third-order valence-corrected chi connectivity index (χ3v) is 6.74. The molecule has 0 spiro atoms. The normalized spacial score (nSPS) is 17.7. The minimum atomic E-state index is -0.295. The number of pyridine rings is 1. The van der Waals surface area contributed by atoms with E-state index in [-0.39, 0.29) is 23.6 Å². The number of nitrogens with zero attached hydrogens (tertiary/aromatic N) is 4. The molecule has 36 heavy (non-hydrogen) atoms. The van der Waals surface area contributed by atoms with Crippen LogP contribution in [0.2, 0.25) is 0 Å². The quantitative estimate of drug-likeness (QED) is 0.465. The van der Waals surface area contributed by atoms with Gasteiger partial charge in [0, 0.05) is 38.8 Å². The molecule has 0 radical (unpaired) electrons. The third kappa shape index (κ3) is 5.51. The van der Waals surface area contributed by atoms with Crippen molar-refractivity contribution in [3.05, 3.63) is 102 Å². The molecular weight excluding hydrogens is 458 g/mol. The molecule has 0 bridgehead atoms. The van der Waals surface area contributed by atoms with Crippen molar-refractivity contribution in [3.63, 3.8) is 0 Å². The van der Waals surface area contributed by atoms with E-state index < -0.39 is 0 Å². The molecule has 5 rings (SSSR count). The van der Waals surface area contributed by atoms with Gasteiger partial charge in [0.25, 0.3) is 0 Å². The molecule has 0 aliphatic carbocycles. The molecule has 1 atom stereocenters. The maximum Gasteiger partial charge on any atom is 0.222 e. The van der Waals surface area contributed by atoms with Crippen molar-refractivity contribution in [1.29, 1.82) is 0 Å². The molecule has 1 unspecified atom stereocenters. The Hall–Kier alpha value is -3.87. The molecular formula is C29H28F2N4O. The number of benzene rings is 2. The van der Waals surface area contributed by atoms with E-state index >= 15 is 0 Å². The maximum atomic E-state index is 13.5. The van der Waals surface area contributed by atoms with Gasteiger partial charge < -0.3 is 9.80 Å². The number of hydrogen-bond acceptors (Lipinski definition) is 4. The Balaban J connectivity index is 1.20. The molecule has 0 saturated carbocycles. The molecule has 3 heterocycles. The van der Waals surface area contributed by atoms with E-state index in [4.69, 9.17) is 4.99 Å². The Morgan fingerprint density at radius 3 is 2.17 bits per heavy atom. The molecule has 2 aliphatic rings. The Bertz CT molecular complexity index is 1250. The number of carbonyl (C=O) groups excluding carboxylic acids is 1. The number of anilines is 1. The van der Waals surface area contributed by atoms with Crippen LogP contribution in [0.25, 0.3) is 5.57 Å². The lowest BCUT2D eigenvalue weighted by Crippen LogP contribution is -2.49. The van der Waals surface area contributed by atoms with E-state index in [9.17, 15) is 13.6 Å². The zero-order valence-electron chi connectivity index (χ0n) is 20.0. The predicted molar refractivity (Wildman–Crippen MR) is 138 cm³/mol. The summed E-state index contributed by atoms with van der Waals surface area (Å²) in [4.78, 5) is 26.3. The van der Waals surface area contributed by atoms with Crippen LogP contribution in [-0.2, 0) is 4.79 Å². The Morgan fingerprint density at radius 2 is 1.53 bits per heavy atom. The SMILES string of the molecule is O=C(CCCC1N=C(c2ccc(F)cc2)C=C1c1ccc(F)cc1)N1CCN(c2ccccn2)CC1. The minimum absolute atomic E-state index is 0.135. The number of aliphatic imine (C=N–C) groups is 1. The highest BCUT2D eigenvalue weighted by Gasteiger charge is 2.25. The fourth-order valence-corrected chi connectivity index (χ4v) is 4.77. The van der Waals surface area contributed by atoms with Crippen LogP contribution in [0.1, 0.15) is 30.4 Å². The highest BCUT2D eigenvalue weighted by atomic mass is 19.1. The van der Waals surface area contributed by atoms with Gasteiger partial charge in [0.15, 0.2) is 0 Å². The fraction of sp³-hybridized carbons (Fsp3) is 0.276. The summed E-state index contributed by atoms with van der Waals surface area (Å²) < 4.78 is 26.9. The van der Waals surface area contributed by atoms with Gasteiger partial charge in [-0.3, -0.25) is 9.79 Å². The second-order valence-electron chi connectivity index (χ2n) is 9.09. The van der Waals surface area contributed by atoms with Crippen LogP contribution in [0.4, 0.5) is 14.6 Å². The summed E-state index contributed by atoms with van der Waals surface area (Å²) in [7, 11) is 0. The van der Waals surface area contributed by atoms with E-state index in [0.717, 1.165) is 41.3 Å². The van der Waals surface area contributed by atoms with Gasteiger partial charge >= 0.3 is 0 Å². The fourth-order valence-electron chi connectivity index (χ4n) is 4.77. The van der Waals surface area contributed by atoms with E-state index in [1.807, 2.05) is 29.2 Å². The standard InChI is InChI=1S/C29H28F2N4O/c30-23-11-7-21(8-12-23)25-20-27(22-9-13-24(31)14-10-22)33-26(25)4-3-6-29(36)35-18-16-34(17-19-35)28-5-1-2-15-32-28/h1-2,5,7-15,20,26H,3-4,6,16-19H2. The molecule has 184 valence electrons. The molecule has 1 saturated heterocycles. The van der Waals surface area contributed by atoms with Gasteiger partial charge in [-0.1, -0.05) is 18.2 Å². The zero-order chi connectivity index (χ0) is 24.9. The predicted octanol–water partition coefficient (Wildman–Crippen LogP) is 5.13. The van der Waals surface area contributed by atoms with Gasteiger partial charge in [-0.25, -0.2) is 13.8 Å². The Labute approximate surface area is 209 Å². The number of allylic oxidation sites excluding steroid dienone is 1. The van der Waals surface area contributed by atoms with Crippen LogP contribution in [0.15, 0.2) is 84.0 Å². The molecule has 7 heteroatoms. The summed E-state index contributed by atoms with van der Waals surface area (Å²) in [5, 5.41) is 0. The van der Waals surface area contributed by atoms with Crippen molar-refractivity contribution < 1.29 is 13.6 Å². The average molecular weight is 487 g/mol. The summed E-state index contributed by atoms with van der Waals surface area (Å²) in [6.07, 6.45) is 5.63. The van der Waals surface area contributed by atoms with Crippen LogP contribution in [0, 0.1) is 11.6 Å². The summed E-state index contributed by atoms with van der Waals surface area (Å²) >= 11 is 0. The first-order chi connectivity index (χ1) is 17.6. The van der Waals surface area contributed by atoms with Crippen molar-refractivity contribution in [2.75, 3.05) is 31.1 Å². The molecule has 1 amide bonds. The number of rotatable bonds is 7. The molecule has 3 aromatic rings. The van der Waals surface area contributed by atoms with Gasteiger partial charge in [-0.2, -0.15) is 0 Å². The third-order valence-electron chi connectivity index (χ3n) is 6.74. The molecule has 1 fully saturated rings. The Kier molecular flexibility index (Phi) is 7.16. The largest absolute Gasteiger partial charge is 0.353 e. The van der Waals surface area contributed by atoms with Crippen molar-refractivity contribution >= 4 is 23.0 Å². The first-order valence-corrected chi connectivity index (χ1v) is 12.3. The summed E-state index contributed by atoms with van der Waals surface area (Å²) in [6, 6.07) is 18.4. The first-order valence-electron chi connectivity index (χ1n) is 12.3. The lowest BCUT2D eigenvalue weighted by molar-refractivity contribution is -0.131. The van der Waals surface area contributed by atoms with Gasteiger partial charge in [0.1, 0.15) is 17.5 Å². The van der Waals surface area contributed by atoms with Crippen LogP contribution in [-0.4, -0.2) is 53.7 Å². The summed E-state index contributed by atoms with van der Waals surface area (Å²) in [6.45, 7) is 2.92. The van der Waals surface area contributed by atoms with E-state index in [2.05, 4.69) is 9.88 Å². The average Bonchev–Trinajstić information content (AvgIpc) is 3.34. The van der Waals surface area contributed by atoms with Gasteiger partial charge in [0.05, 0.1) is 11.8 Å². The second kappa shape index (κ2) is 10.8. The zero-order valence-corrected chi connectivity index (χ0v) is 20.0. The second-order valence-corrected chi connectivity index (χ2v) is 9.09.